The molecular formula is C14H30N4O. The van der Waals surface area contributed by atoms with Crippen LogP contribution in [0.5, 0.6) is 0 Å². The smallest absolute Gasteiger partial charge is 0.191 e. The number of ether oxygens (including phenoxy) is 1. The zero-order chi connectivity index (χ0) is 14.3. The molecule has 1 fully saturated rings. The summed E-state index contributed by atoms with van der Waals surface area (Å²) in [6.07, 6.45) is 2.37. The Kier molecular flexibility index (Phi) is 7.16. The van der Waals surface area contributed by atoms with E-state index in [2.05, 4.69) is 42.7 Å². The van der Waals surface area contributed by atoms with Gasteiger partial charge in [0.05, 0.1) is 19.8 Å². The molecule has 1 aliphatic heterocycles. The summed E-state index contributed by atoms with van der Waals surface area (Å²) >= 11 is 0. The number of hydrogen-bond donors (Lipinski definition) is 1. The van der Waals surface area contributed by atoms with Crippen LogP contribution in [-0.2, 0) is 4.74 Å². The second-order valence-corrected chi connectivity index (χ2v) is 5.41. The molecule has 0 aromatic carbocycles. The molecule has 0 amide bonds. The second-order valence-electron chi connectivity index (χ2n) is 5.41. The number of rotatable bonds is 6. The van der Waals surface area contributed by atoms with Gasteiger partial charge in [-0.15, -0.1) is 0 Å². The fraction of sp³-hybridized carbons (Fsp3) is 0.929. The molecule has 5 heteroatoms. The molecule has 1 unspecified atom stereocenters. The van der Waals surface area contributed by atoms with Crippen molar-refractivity contribution in [1.82, 2.24) is 9.80 Å². The molecule has 0 aliphatic carbocycles. The summed E-state index contributed by atoms with van der Waals surface area (Å²) in [5, 5.41) is 0. The number of likely N-dealkylation sites (N-methyl/N-ethyl adjacent to an activating group) is 1. The Morgan fingerprint density at radius 3 is 2.32 bits per heavy atom. The van der Waals surface area contributed by atoms with Crippen LogP contribution in [0.25, 0.3) is 0 Å². The number of nitrogens with two attached hydrogens (primary N) is 1. The fourth-order valence-corrected chi connectivity index (χ4v) is 2.65. The van der Waals surface area contributed by atoms with Gasteiger partial charge in [0.1, 0.15) is 0 Å². The highest BCUT2D eigenvalue weighted by atomic mass is 16.5. The summed E-state index contributed by atoms with van der Waals surface area (Å²) in [4.78, 5) is 9.00. The first kappa shape index (κ1) is 16.2. The molecule has 1 saturated heterocycles. The Bertz CT molecular complexity index is 271. The van der Waals surface area contributed by atoms with Gasteiger partial charge in [-0.05, 0) is 20.0 Å². The van der Waals surface area contributed by atoms with E-state index in [-0.39, 0.29) is 0 Å². The Morgan fingerprint density at radius 2 is 1.84 bits per heavy atom. The summed E-state index contributed by atoms with van der Waals surface area (Å²) in [7, 11) is 4.26. The average Bonchev–Trinajstić information content (AvgIpc) is 2.43. The Labute approximate surface area is 117 Å². The molecular weight excluding hydrogens is 240 g/mol. The van der Waals surface area contributed by atoms with E-state index in [0.29, 0.717) is 17.9 Å². The third-order valence-corrected chi connectivity index (χ3v) is 4.03. The van der Waals surface area contributed by atoms with Crippen molar-refractivity contribution >= 4 is 5.96 Å². The van der Waals surface area contributed by atoms with Crippen molar-refractivity contribution in [1.29, 1.82) is 0 Å². The molecule has 0 spiro atoms. The molecule has 5 nitrogen and oxygen atoms in total. The van der Waals surface area contributed by atoms with Gasteiger partial charge in [0.2, 0.25) is 0 Å². The lowest BCUT2D eigenvalue weighted by Gasteiger charge is -2.31. The van der Waals surface area contributed by atoms with Gasteiger partial charge in [-0.25, -0.2) is 0 Å². The average molecular weight is 270 g/mol. The monoisotopic (exact) mass is 270 g/mol. The molecule has 0 bridgehead atoms. The minimum absolute atomic E-state index is 0.467. The largest absolute Gasteiger partial charge is 0.378 e. The highest BCUT2D eigenvalue weighted by Crippen LogP contribution is 2.17. The van der Waals surface area contributed by atoms with Crippen molar-refractivity contribution in [2.75, 3.05) is 46.9 Å². The highest BCUT2D eigenvalue weighted by molar-refractivity contribution is 5.78. The highest BCUT2D eigenvalue weighted by Gasteiger charge is 2.21. The van der Waals surface area contributed by atoms with Crippen LogP contribution < -0.4 is 5.73 Å². The molecule has 1 atom stereocenters. The fourth-order valence-electron chi connectivity index (χ4n) is 2.65. The SMILES string of the molecule is CCC(CC)C(CN=C(N)N1CCOCC1)N(C)C. The second kappa shape index (κ2) is 8.38. The maximum atomic E-state index is 6.08. The molecule has 1 heterocycles. The van der Waals surface area contributed by atoms with Crippen LogP contribution in [0.15, 0.2) is 4.99 Å². The first-order valence-electron chi connectivity index (χ1n) is 7.39. The summed E-state index contributed by atoms with van der Waals surface area (Å²) < 4.78 is 5.33. The van der Waals surface area contributed by atoms with Gasteiger partial charge in [-0.3, -0.25) is 4.99 Å². The lowest BCUT2D eigenvalue weighted by Crippen LogP contribution is -2.46. The van der Waals surface area contributed by atoms with E-state index >= 15 is 0 Å². The number of morpholine rings is 1. The number of nitrogens with zero attached hydrogens (tertiary/aromatic N) is 3. The van der Waals surface area contributed by atoms with Gasteiger partial charge < -0.3 is 20.3 Å². The van der Waals surface area contributed by atoms with Gasteiger partial charge in [0.15, 0.2) is 5.96 Å². The molecule has 0 aromatic heterocycles. The first-order valence-corrected chi connectivity index (χ1v) is 7.39. The van der Waals surface area contributed by atoms with E-state index in [1.54, 1.807) is 0 Å². The van der Waals surface area contributed by atoms with Crippen LogP contribution in [0.2, 0.25) is 0 Å². The van der Waals surface area contributed by atoms with E-state index < -0.39 is 0 Å². The maximum absolute atomic E-state index is 6.08. The van der Waals surface area contributed by atoms with Crippen molar-refractivity contribution in [3.63, 3.8) is 0 Å². The summed E-state index contributed by atoms with van der Waals surface area (Å²) in [5.41, 5.74) is 6.08. The minimum atomic E-state index is 0.467. The molecule has 1 aliphatic rings. The van der Waals surface area contributed by atoms with Crippen molar-refractivity contribution in [3.05, 3.63) is 0 Å². The zero-order valence-electron chi connectivity index (χ0n) is 12.9. The van der Waals surface area contributed by atoms with Crippen molar-refractivity contribution in [3.8, 4) is 0 Å². The zero-order valence-corrected chi connectivity index (χ0v) is 12.9. The van der Waals surface area contributed by atoms with Crippen LogP contribution in [-0.4, -0.2) is 68.7 Å². The summed E-state index contributed by atoms with van der Waals surface area (Å²) in [5.74, 6) is 1.34. The van der Waals surface area contributed by atoms with E-state index in [0.717, 1.165) is 32.8 Å². The quantitative estimate of drug-likeness (QED) is 0.578. The Hall–Kier alpha value is -0.810. The summed E-state index contributed by atoms with van der Waals surface area (Å²) in [6, 6.07) is 0.467. The maximum Gasteiger partial charge on any atom is 0.191 e. The Balaban J connectivity index is 2.58. The third kappa shape index (κ3) is 4.99. The van der Waals surface area contributed by atoms with Gasteiger partial charge in [0.25, 0.3) is 0 Å². The predicted molar refractivity (Wildman–Crippen MR) is 80.4 cm³/mol. The van der Waals surface area contributed by atoms with Crippen molar-refractivity contribution < 1.29 is 4.74 Å². The van der Waals surface area contributed by atoms with Crippen molar-refractivity contribution in [2.45, 2.75) is 32.7 Å². The van der Waals surface area contributed by atoms with Crippen LogP contribution in [0.3, 0.4) is 0 Å². The van der Waals surface area contributed by atoms with E-state index in [9.17, 15) is 0 Å². The van der Waals surface area contributed by atoms with Gasteiger partial charge in [0, 0.05) is 19.1 Å². The molecule has 0 saturated carbocycles. The summed E-state index contributed by atoms with van der Waals surface area (Å²) in [6.45, 7) is 8.49. The van der Waals surface area contributed by atoms with Gasteiger partial charge in [-0.1, -0.05) is 26.7 Å². The van der Waals surface area contributed by atoms with Gasteiger partial charge in [-0.2, -0.15) is 0 Å². The number of aliphatic imine (C=N–C) groups is 1. The predicted octanol–water partition coefficient (Wildman–Crippen LogP) is 1.000. The topological polar surface area (TPSA) is 54.1 Å². The molecule has 0 aromatic rings. The van der Waals surface area contributed by atoms with Crippen molar-refractivity contribution in [2.24, 2.45) is 16.6 Å². The molecule has 1 rings (SSSR count). The lowest BCUT2D eigenvalue weighted by atomic mass is 9.93. The number of guanidine groups is 1. The Morgan fingerprint density at radius 1 is 1.26 bits per heavy atom. The third-order valence-electron chi connectivity index (χ3n) is 4.03. The van der Waals surface area contributed by atoms with Crippen LogP contribution in [0, 0.1) is 5.92 Å². The van der Waals surface area contributed by atoms with Crippen LogP contribution in [0.1, 0.15) is 26.7 Å². The molecule has 2 N–H and O–H groups in total. The number of hydrogen-bond acceptors (Lipinski definition) is 3. The van der Waals surface area contributed by atoms with E-state index in [1.165, 1.54) is 12.8 Å². The normalized spacial score (nSPS) is 19.3. The molecule has 112 valence electrons. The van der Waals surface area contributed by atoms with Crippen LogP contribution in [0.4, 0.5) is 0 Å². The molecule has 19 heavy (non-hydrogen) atoms. The first-order chi connectivity index (χ1) is 9.10. The van der Waals surface area contributed by atoms with Gasteiger partial charge >= 0.3 is 0 Å². The molecule has 0 radical (unpaired) electrons. The van der Waals surface area contributed by atoms with E-state index in [4.69, 9.17) is 10.5 Å². The standard InChI is InChI=1S/C14H30N4O/c1-5-12(6-2)13(17(3)4)11-16-14(15)18-7-9-19-10-8-18/h12-13H,5-11H2,1-4H3,(H2,15,16). The minimum Gasteiger partial charge on any atom is -0.378 e. The van der Waals surface area contributed by atoms with E-state index in [1.807, 2.05) is 0 Å². The lowest BCUT2D eigenvalue weighted by molar-refractivity contribution is 0.0673. The van der Waals surface area contributed by atoms with Crippen LogP contribution >= 0.6 is 0 Å².